The first kappa shape index (κ1) is 17.9. The highest BCUT2D eigenvalue weighted by molar-refractivity contribution is 5.94. The van der Waals surface area contributed by atoms with Crippen molar-refractivity contribution in [2.45, 2.75) is 59.0 Å². The van der Waals surface area contributed by atoms with E-state index in [9.17, 15) is 9.90 Å². The van der Waals surface area contributed by atoms with Crippen LogP contribution in [-0.2, 0) is 6.42 Å². The molecule has 1 aliphatic rings. The number of piperidine rings is 1. The Kier molecular flexibility index (Phi) is 5.79. The Hall–Kier alpha value is -1.42. The smallest absolute Gasteiger partial charge is 0.253 e. The van der Waals surface area contributed by atoms with Crippen molar-refractivity contribution in [2.75, 3.05) is 13.1 Å². The molecule has 0 radical (unpaired) electrons. The number of rotatable bonds is 5. The van der Waals surface area contributed by atoms with Crippen molar-refractivity contribution in [3.63, 3.8) is 0 Å². The van der Waals surface area contributed by atoms with Crippen molar-refractivity contribution in [1.29, 1.82) is 0 Å². The van der Waals surface area contributed by atoms with E-state index in [4.69, 9.17) is 0 Å². The summed E-state index contributed by atoms with van der Waals surface area (Å²) in [4.78, 5) is 19.0. The first-order valence-corrected chi connectivity index (χ1v) is 8.80. The molecular formula is C19H30N2O2. The number of nitrogens with zero attached hydrogens (tertiary/aromatic N) is 2. The lowest BCUT2D eigenvalue weighted by atomic mass is 9.78. The van der Waals surface area contributed by atoms with Crippen molar-refractivity contribution in [3.8, 4) is 0 Å². The molecule has 0 spiro atoms. The van der Waals surface area contributed by atoms with Crippen LogP contribution in [0.25, 0.3) is 0 Å². The van der Waals surface area contributed by atoms with Gasteiger partial charge in [0, 0.05) is 36.5 Å². The van der Waals surface area contributed by atoms with E-state index in [1.54, 1.807) is 12.3 Å². The van der Waals surface area contributed by atoms with Crippen LogP contribution in [0.4, 0.5) is 0 Å². The standard InChI is InChI=1S/C19H30N2O2/c1-5-6-17-12-15(7-9-20-17)18(22)21-10-8-19(4,23)16(13-21)11-14(2)3/h7,9,12,14,16,23H,5-6,8,10-11,13H2,1-4H3/t16-,19+/m0/s1. The first-order valence-electron chi connectivity index (χ1n) is 8.80. The number of aliphatic hydroxyl groups is 1. The molecule has 1 aromatic rings. The van der Waals surface area contributed by atoms with Gasteiger partial charge in [0.25, 0.3) is 5.91 Å². The fourth-order valence-corrected chi connectivity index (χ4v) is 3.39. The van der Waals surface area contributed by atoms with Gasteiger partial charge >= 0.3 is 0 Å². The topological polar surface area (TPSA) is 53.4 Å². The molecule has 1 saturated heterocycles. The first-order chi connectivity index (χ1) is 10.8. The van der Waals surface area contributed by atoms with Gasteiger partial charge in [0.15, 0.2) is 0 Å². The van der Waals surface area contributed by atoms with Crippen LogP contribution in [0.2, 0.25) is 0 Å². The minimum atomic E-state index is -0.674. The summed E-state index contributed by atoms with van der Waals surface area (Å²) in [5, 5.41) is 10.6. The van der Waals surface area contributed by atoms with E-state index in [2.05, 4.69) is 25.8 Å². The molecule has 23 heavy (non-hydrogen) atoms. The zero-order valence-electron chi connectivity index (χ0n) is 14.9. The van der Waals surface area contributed by atoms with Gasteiger partial charge in [0.2, 0.25) is 0 Å². The highest BCUT2D eigenvalue weighted by Gasteiger charge is 2.39. The average molecular weight is 318 g/mol. The molecule has 1 aromatic heterocycles. The van der Waals surface area contributed by atoms with E-state index >= 15 is 0 Å². The second-order valence-electron chi connectivity index (χ2n) is 7.47. The third-order valence-corrected chi connectivity index (χ3v) is 4.82. The number of aryl methyl sites for hydroxylation is 1. The van der Waals surface area contributed by atoms with Crippen LogP contribution in [0.1, 0.15) is 63.0 Å². The largest absolute Gasteiger partial charge is 0.390 e. The van der Waals surface area contributed by atoms with Crippen molar-refractivity contribution < 1.29 is 9.90 Å². The molecule has 128 valence electrons. The van der Waals surface area contributed by atoms with E-state index in [-0.39, 0.29) is 11.8 Å². The molecule has 0 bridgehead atoms. The summed E-state index contributed by atoms with van der Waals surface area (Å²) >= 11 is 0. The highest BCUT2D eigenvalue weighted by Crippen LogP contribution is 2.32. The second kappa shape index (κ2) is 7.43. The van der Waals surface area contributed by atoms with Gasteiger partial charge in [-0.05, 0) is 44.2 Å². The van der Waals surface area contributed by atoms with Crippen molar-refractivity contribution >= 4 is 5.91 Å². The summed E-state index contributed by atoms with van der Waals surface area (Å²) in [6.45, 7) is 9.60. The lowest BCUT2D eigenvalue weighted by molar-refractivity contribution is -0.0577. The van der Waals surface area contributed by atoms with Crippen LogP contribution in [-0.4, -0.2) is 39.6 Å². The Morgan fingerprint density at radius 2 is 2.26 bits per heavy atom. The molecule has 0 aliphatic carbocycles. The Morgan fingerprint density at radius 1 is 1.52 bits per heavy atom. The van der Waals surface area contributed by atoms with Gasteiger partial charge in [-0.25, -0.2) is 0 Å². The van der Waals surface area contributed by atoms with E-state index in [1.807, 2.05) is 17.9 Å². The van der Waals surface area contributed by atoms with Crippen molar-refractivity contribution in [1.82, 2.24) is 9.88 Å². The number of aromatic nitrogens is 1. The van der Waals surface area contributed by atoms with E-state index in [0.29, 0.717) is 31.0 Å². The van der Waals surface area contributed by atoms with Gasteiger partial charge in [0.05, 0.1) is 5.60 Å². The van der Waals surface area contributed by atoms with Crippen LogP contribution in [0.3, 0.4) is 0 Å². The van der Waals surface area contributed by atoms with E-state index in [0.717, 1.165) is 25.0 Å². The molecule has 0 saturated carbocycles. The molecule has 0 aromatic carbocycles. The predicted molar refractivity (Wildman–Crippen MR) is 92.3 cm³/mol. The van der Waals surface area contributed by atoms with Gasteiger partial charge in [0.1, 0.15) is 0 Å². The Bertz CT molecular complexity index is 540. The maximum atomic E-state index is 12.8. The molecule has 4 heteroatoms. The molecule has 2 atom stereocenters. The number of pyridine rings is 1. The zero-order valence-corrected chi connectivity index (χ0v) is 14.9. The quantitative estimate of drug-likeness (QED) is 0.906. The van der Waals surface area contributed by atoms with Crippen LogP contribution >= 0.6 is 0 Å². The number of likely N-dealkylation sites (tertiary alicyclic amines) is 1. The van der Waals surface area contributed by atoms with Gasteiger partial charge in [-0.2, -0.15) is 0 Å². The van der Waals surface area contributed by atoms with Gasteiger partial charge in [-0.1, -0.05) is 27.2 Å². The monoisotopic (exact) mass is 318 g/mol. The fraction of sp³-hybridized carbons (Fsp3) is 0.684. The Balaban J connectivity index is 2.12. The summed E-state index contributed by atoms with van der Waals surface area (Å²) in [5.41, 5.74) is 1.02. The maximum Gasteiger partial charge on any atom is 0.253 e. The molecule has 1 amide bonds. The summed E-state index contributed by atoms with van der Waals surface area (Å²) in [6, 6.07) is 3.71. The molecule has 2 heterocycles. The minimum Gasteiger partial charge on any atom is -0.390 e. The minimum absolute atomic E-state index is 0.0639. The summed E-state index contributed by atoms with van der Waals surface area (Å²) < 4.78 is 0. The molecule has 0 unspecified atom stereocenters. The van der Waals surface area contributed by atoms with Gasteiger partial charge in [-0.3, -0.25) is 9.78 Å². The zero-order chi connectivity index (χ0) is 17.0. The summed E-state index contributed by atoms with van der Waals surface area (Å²) in [6.07, 6.45) is 5.22. The van der Waals surface area contributed by atoms with Crippen LogP contribution in [0.5, 0.6) is 0 Å². The van der Waals surface area contributed by atoms with Gasteiger partial charge in [-0.15, -0.1) is 0 Å². The van der Waals surface area contributed by atoms with E-state index in [1.165, 1.54) is 0 Å². The predicted octanol–water partition coefficient (Wildman–Crippen LogP) is 3.29. The lowest BCUT2D eigenvalue weighted by Crippen LogP contribution is -2.52. The summed E-state index contributed by atoms with van der Waals surface area (Å²) in [5.74, 6) is 0.713. The molecule has 1 N–H and O–H groups in total. The normalized spacial score (nSPS) is 25.0. The number of carbonyl (C=O) groups excluding carboxylic acids is 1. The van der Waals surface area contributed by atoms with Gasteiger partial charge < -0.3 is 10.0 Å². The maximum absolute atomic E-state index is 12.8. The molecule has 2 rings (SSSR count). The average Bonchev–Trinajstić information content (AvgIpc) is 2.49. The highest BCUT2D eigenvalue weighted by atomic mass is 16.3. The molecule has 1 fully saturated rings. The number of amides is 1. The van der Waals surface area contributed by atoms with Crippen molar-refractivity contribution in [3.05, 3.63) is 29.6 Å². The molecule has 1 aliphatic heterocycles. The third kappa shape index (κ3) is 4.54. The Morgan fingerprint density at radius 3 is 2.91 bits per heavy atom. The Labute approximate surface area is 139 Å². The lowest BCUT2D eigenvalue weighted by Gasteiger charge is -2.43. The van der Waals surface area contributed by atoms with Crippen molar-refractivity contribution in [2.24, 2.45) is 11.8 Å². The van der Waals surface area contributed by atoms with Crippen LogP contribution < -0.4 is 0 Å². The number of carbonyl (C=O) groups is 1. The second-order valence-corrected chi connectivity index (χ2v) is 7.47. The molecular weight excluding hydrogens is 288 g/mol. The number of hydrogen-bond acceptors (Lipinski definition) is 3. The van der Waals surface area contributed by atoms with E-state index < -0.39 is 5.60 Å². The van der Waals surface area contributed by atoms with Crippen LogP contribution in [0, 0.1) is 11.8 Å². The SMILES string of the molecule is CCCc1cc(C(=O)N2CC[C@@](C)(O)[C@@H](CC(C)C)C2)ccn1. The molecule has 4 nitrogen and oxygen atoms in total. The van der Waals surface area contributed by atoms with Crippen LogP contribution in [0.15, 0.2) is 18.3 Å². The summed E-state index contributed by atoms with van der Waals surface area (Å²) in [7, 11) is 0. The number of hydrogen-bond donors (Lipinski definition) is 1. The fourth-order valence-electron chi connectivity index (χ4n) is 3.39. The third-order valence-electron chi connectivity index (χ3n) is 4.82.